The van der Waals surface area contributed by atoms with Gasteiger partial charge in [0.25, 0.3) is 5.91 Å². The summed E-state index contributed by atoms with van der Waals surface area (Å²) in [6.45, 7) is 3.52. The Morgan fingerprint density at radius 3 is 2.25 bits per heavy atom. The molecule has 0 fully saturated rings. The summed E-state index contributed by atoms with van der Waals surface area (Å²) < 4.78 is 4.55. The lowest BCUT2D eigenvalue weighted by atomic mass is 10.1. The Labute approximate surface area is 117 Å². The lowest BCUT2D eigenvalue weighted by Crippen LogP contribution is -2.36. The number of carbonyl (C=O) groups excluding carboxylic acids is 3. The zero-order valence-corrected chi connectivity index (χ0v) is 11.8. The van der Waals surface area contributed by atoms with Crippen LogP contribution in [0, 0.1) is 0 Å². The van der Waals surface area contributed by atoms with Crippen LogP contribution < -0.4 is 5.32 Å². The van der Waals surface area contributed by atoms with Gasteiger partial charge in [0, 0.05) is 24.7 Å². The molecule has 0 aliphatic rings. The predicted molar refractivity (Wildman–Crippen MR) is 74.3 cm³/mol. The number of nitrogens with one attached hydrogen (secondary N) is 1. The van der Waals surface area contributed by atoms with Gasteiger partial charge < -0.3 is 15.0 Å². The highest BCUT2D eigenvalue weighted by atomic mass is 16.5. The minimum absolute atomic E-state index is 0.0840. The summed E-state index contributed by atoms with van der Waals surface area (Å²) in [5.74, 6) is -0.896. The van der Waals surface area contributed by atoms with Crippen molar-refractivity contribution in [1.82, 2.24) is 4.90 Å². The van der Waals surface area contributed by atoms with Crippen molar-refractivity contribution in [3.63, 3.8) is 0 Å². The third-order valence-corrected chi connectivity index (χ3v) is 2.67. The number of hydrogen-bond acceptors (Lipinski definition) is 4. The summed E-state index contributed by atoms with van der Waals surface area (Å²) in [6, 6.07) is 6.49. The third-order valence-electron chi connectivity index (χ3n) is 2.67. The highest BCUT2D eigenvalue weighted by Gasteiger charge is 2.17. The third kappa shape index (κ3) is 4.38. The molecule has 0 aromatic heterocycles. The topological polar surface area (TPSA) is 75.7 Å². The van der Waals surface area contributed by atoms with Crippen LogP contribution in [0.5, 0.6) is 0 Å². The van der Waals surface area contributed by atoms with Gasteiger partial charge in [0.15, 0.2) is 0 Å². The lowest BCUT2D eigenvalue weighted by molar-refractivity contribution is -0.141. The summed E-state index contributed by atoms with van der Waals surface area (Å²) in [6.07, 6.45) is 0. The molecule has 0 spiro atoms. The highest BCUT2D eigenvalue weighted by molar-refractivity contribution is 5.97. The summed E-state index contributed by atoms with van der Waals surface area (Å²) in [7, 11) is 1.28. The van der Waals surface area contributed by atoms with Gasteiger partial charge in [-0.25, -0.2) is 0 Å². The average Bonchev–Trinajstić information content (AvgIpc) is 2.44. The Kier molecular flexibility index (Phi) is 5.71. The Morgan fingerprint density at radius 2 is 1.80 bits per heavy atom. The van der Waals surface area contributed by atoms with Crippen LogP contribution in [-0.4, -0.2) is 42.9 Å². The number of ether oxygens (including phenoxy) is 1. The molecule has 0 saturated carbocycles. The molecule has 6 heteroatoms. The van der Waals surface area contributed by atoms with Crippen molar-refractivity contribution in [2.24, 2.45) is 0 Å². The van der Waals surface area contributed by atoms with Gasteiger partial charge in [0.05, 0.1) is 7.11 Å². The number of likely N-dealkylation sites (N-methyl/N-ethyl adjacent to an activating group) is 1. The van der Waals surface area contributed by atoms with E-state index in [2.05, 4.69) is 10.1 Å². The van der Waals surface area contributed by atoms with Crippen molar-refractivity contribution in [1.29, 1.82) is 0 Å². The number of esters is 1. The van der Waals surface area contributed by atoms with Crippen molar-refractivity contribution < 1.29 is 19.1 Å². The minimum atomic E-state index is -0.463. The average molecular weight is 278 g/mol. The first-order valence-electron chi connectivity index (χ1n) is 6.21. The second-order valence-electron chi connectivity index (χ2n) is 4.15. The fraction of sp³-hybridized carbons (Fsp3) is 0.357. The molecule has 0 radical (unpaired) electrons. The van der Waals surface area contributed by atoms with Crippen LogP contribution in [0.1, 0.15) is 24.2 Å². The van der Waals surface area contributed by atoms with Crippen molar-refractivity contribution >= 4 is 23.5 Å². The summed E-state index contributed by atoms with van der Waals surface area (Å²) in [5.41, 5.74) is 1.06. The van der Waals surface area contributed by atoms with Crippen LogP contribution in [0.3, 0.4) is 0 Å². The van der Waals surface area contributed by atoms with Gasteiger partial charge in [-0.2, -0.15) is 0 Å². The Bertz CT molecular complexity index is 496. The monoisotopic (exact) mass is 278 g/mol. The minimum Gasteiger partial charge on any atom is -0.468 e. The number of methoxy groups -OCH3 is 1. The maximum atomic E-state index is 12.2. The van der Waals surface area contributed by atoms with Gasteiger partial charge >= 0.3 is 5.97 Å². The van der Waals surface area contributed by atoms with Gasteiger partial charge in [0.2, 0.25) is 5.91 Å². The molecule has 108 valence electrons. The van der Waals surface area contributed by atoms with E-state index in [-0.39, 0.29) is 18.4 Å². The molecule has 0 bridgehead atoms. The van der Waals surface area contributed by atoms with E-state index in [9.17, 15) is 14.4 Å². The maximum absolute atomic E-state index is 12.2. The molecule has 6 nitrogen and oxygen atoms in total. The van der Waals surface area contributed by atoms with E-state index in [1.807, 2.05) is 0 Å². The number of hydrogen-bond donors (Lipinski definition) is 1. The van der Waals surface area contributed by atoms with E-state index in [0.717, 1.165) is 0 Å². The van der Waals surface area contributed by atoms with E-state index in [0.29, 0.717) is 17.8 Å². The van der Waals surface area contributed by atoms with Crippen molar-refractivity contribution in [3.8, 4) is 0 Å². The maximum Gasteiger partial charge on any atom is 0.325 e. The molecule has 1 rings (SSSR count). The zero-order chi connectivity index (χ0) is 15.1. The number of carbonyl (C=O) groups is 3. The van der Waals surface area contributed by atoms with Crippen LogP contribution in [0.25, 0.3) is 0 Å². The lowest BCUT2D eigenvalue weighted by Gasteiger charge is -2.19. The molecule has 0 heterocycles. The van der Waals surface area contributed by atoms with E-state index in [1.54, 1.807) is 31.2 Å². The molecular formula is C14H18N2O4. The number of nitrogens with zero attached hydrogens (tertiary/aromatic N) is 1. The molecule has 0 saturated heterocycles. The predicted octanol–water partition coefficient (Wildman–Crippen LogP) is 1.28. The van der Waals surface area contributed by atoms with E-state index < -0.39 is 5.97 Å². The summed E-state index contributed by atoms with van der Waals surface area (Å²) >= 11 is 0. The molecule has 0 aliphatic heterocycles. The van der Waals surface area contributed by atoms with Gasteiger partial charge in [-0.1, -0.05) is 0 Å². The second kappa shape index (κ2) is 7.28. The van der Waals surface area contributed by atoms with Gasteiger partial charge in [-0.3, -0.25) is 14.4 Å². The first kappa shape index (κ1) is 15.7. The van der Waals surface area contributed by atoms with Crippen LogP contribution in [0.4, 0.5) is 5.69 Å². The molecule has 0 atom stereocenters. The molecule has 2 amide bonds. The fourth-order valence-corrected chi connectivity index (χ4v) is 1.63. The summed E-state index contributed by atoms with van der Waals surface area (Å²) in [5, 5.41) is 2.62. The molecule has 1 aromatic rings. The Hall–Kier alpha value is -2.37. The van der Waals surface area contributed by atoms with Gasteiger partial charge in [-0.05, 0) is 31.2 Å². The summed E-state index contributed by atoms with van der Waals surface area (Å²) in [4.78, 5) is 35.7. The quantitative estimate of drug-likeness (QED) is 0.823. The zero-order valence-electron chi connectivity index (χ0n) is 11.8. The number of benzene rings is 1. The Morgan fingerprint density at radius 1 is 1.20 bits per heavy atom. The fourth-order valence-electron chi connectivity index (χ4n) is 1.63. The number of anilines is 1. The SMILES string of the molecule is CCN(CC(=O)OC)C(=O)c1ccc(NC(C)=O)cc1. The molecule has 0 aliphatic carbocycles. The number of rotatable bonds is 5. The van der Waals surface area contributed by atoms with Crippen molar-refractivity contribution in [2.75, 3.05) is 25.5 Å². The van der Waals surface area contributed by atoms with Crippen LogP contribution in [0.2, 0.25) is 0 Å². The smallest absolute Gasteiger partial charge is 0.325 e. The van der Waals surface area contributed by atoms with Crippen molar-refractivity contribution in [2.45, 2.75) is 13.8 Å². The molecule has 20 heavy (non-hydrogen) atoms. The van der Waals surface area contributed by atoms with Gasteiger partial charge in [0.1, 0.15) is 6.54 Å². The van der Waals surface area contributed by atoms with Crippen LogP contribution in [0.15, 0.2) is 24.3 Å². The molecule has 1 N–H and O–H groups in total. The first-order chi connectivity index (χ1) is 9.47. The van der Waals surface area contributed by atoms with Crippen molar-refractivity contribution in [3.05, 3.63) is 29.8 Å². The standard InChI is InChI=1S/C14H18N2O4/c1-4-16(9-13(18)20-3)14(19)11-5-7-12(8-6-11)15-10(2)17/h5-8H,4,9H2,1-3H3,(H,15,17). The first-order valence-corrected chi connectivity index (χ1v) is 6.21. The van der Waals surface area contributed by atoms with Gasteiger partial charge in [-0.15, -0.1) is 0 Å². The molecule has 0 unspecified atom stereocenters. The second-order valence-corrected chi connectivity index (χ2v) is 4.15. The number of amides is 2. The molecule has 1 aromatic carbocycles. The van der Waals surface area contributed by atoms with Crippen LogP contribution >= 0.6 is 0 Å². The van der Waals surface area contributed by atoms with E-state index >= 15 is 0 Å². The van der Waals surface area contributed by atoms with E-state index in [4.69, 9.17) is 0 Å². The molecular weight excluding hydrogens is 260 g/mol. The largest absolute Gasteiger partial charge is 0.468 e. The highest BCUT2D eigenvalue weighted by Crippen LogP contribution is 2.11. The van der Waals surface area contributed by atoms with E-state index in [1.165, 1.54) is 18.9 Å². The van der Waals surface area contributed by atoms with Crippen LogP contribution in [-0.2, 0) is 14.3 Å². The normalized spacial score (nSPS) is 9.75. The Balaban J connectivity index is 2.79.